The summed E-state index contributed by atoms with van der Waals surface area (Å²) in [5.74, 6) is -26.6. The number of aromatic amines is 1. The maximum atomic E-state index is 15.0. The smallest absolute Gasteiger partial charge is 0.326 e. The number of para-hydroxylation sites is 1. The van der Waals surface area contributed by atoms with Crippen molar-refractivity contribution in [2.75, 3.05) is 50.8 Å². The Morgan fingerprint density at radius 3 is 1.25 bits per heavy atom. The summed E-state index contributed by atoms with van der Waals surface area (Å²) in [5.41, 5.74) is 13.8. The van der Waals surface area contributed by atoms with Crippen LogP contribution in [0.5, 0.6) is 17.2 Å². The molecule has 1 aliphatic heterocycles. The first kappa shape index (κ1) is 124. The normalized spacial score (nSPS) is 15.7. The molecule has 0 saturated carbocycles. The highest BCUT2D eigenvalue weighted by atomic mass is 32.1. The van der Waals surface area contributed by atoms with Gasteiger partial charge in [-0.05, 0) is 148 Å². The van der Waals surface area contributed by atoms with E-state index in [1.165, 1.54) is 107 Å². The fourth-order valence-electron chi connectivity index (χ4n) is 15.5. The number of amides is 18. The van der Waals surface area contributed by atoms with E-state index in [0.29, 0.717) is 28.5 Å². The first-order valence-corrected chi connectivity index (χ1v) is 49.7. The third-order valence-corrected chi connectivity index (χ3v) is 24.8. The number of nitrogens with two attached hydrogens (primary N) is 2. The lowest BCUT2D eigenvalue weighted by molar-refractivity contribution is -0.142. The standard InChI is InChI=1S/C97H137N21O30S2/c1-47(2)77(99)91(141)116-81(51(8)121)95(145)117-80(50(7)120)94(144)113-70(46-150)89(139)109-66(39-55-40-100-60-15-10-9-14-59(55)60)96(146)118-35-13-17-71(118)90(140)103-43-73(126)104-62(30-32-75(128)129)84(134)107-64(36-52-18-24-56(122)25-19-52)82(132)102-41-72(125)101-42-74(127)114-78(48(3)4)92(142)106-63(31-33-76(130)131)85(135)112-69(45-149)88(138)108-65(37-53-20-26-57(123)27-21-53)86(136)111-68(44-119)87(137)115-79(49(5)6)93(143)105-61(16-11-12-34-98)83(133)110-67(97(147)148)38-54-22-28-58(124)29-23-54/h9-10,14-15,18-29,40,47-51,61-71,77-81,100,119-124,149-150H,11-13,16-17,30-39,41-46,98-99H2,1-8H3,(H,101,125)(H,102,132)(H,103,140)(H,104,126)(H,105,143)(H,106,142)(H,107,134)(H,108,138)(H,109,139)(H,110,133)(H,111,136)(H,112,135)(H,113,144)(H,114,127)(H,115,137)(H,116,141)(H,117,145)(H,128,129)(H,130,131)(H,147,148)/t50-,51-,61+,62+,63+,64+,65+,66+,67+,68+,69+,70+,71+,77+,78+,79+,80+,81+/m1/s1. The number of phenolic OH excluding ortho intramolecular Hbond substituents is 3. The van der Waals surface area contributed by atoms with Crippen LogP contribution < -0.4 is 102 Å². The van der Waals surface area contributed by atoms with Crippen LogP contribution in [0.4, 0.5) is 0 Å². The number of carboxylic acids is 3. The molecule has 1 fully saturated rings. The lowest BCUT2D eigenvalue weighted by atomic mass is 10.0. The molecule has 0 bridgehead atoms. The van der Waals surface area contributed by atoms with Gasteiger partial charge < -0.3 is 158 Å². The molecular weight excluding hydrogens is 2000 g/mol. The number of likely N-dealkylation sites (tertiary alicyclic amines) is 1. The molecule has 150 heavy (non-hydrogen) atoms. The Morgan fingerprint density at radius 1 is 0.393 bits per heavy atom. The van der Waals surface area contributed by atoms with Gasteiger partial charge in [0.1, 0.15) is 108 Å². The number of fused-ring (bicyclic) bond motifs is 1. The second-order valence-corrected chi connectivity index (χ2v) is 37.8. The van der Waals surface area contributed by atoms with Gasteiger partial charge in [0.05, 0.1) is 44.5 Å². The number of phenols is 3. The number of aromatic hydroxyl groups is 3. The van der Waals surface area contributed by atoms with E-state index in [2.05, 4.69) is 121 Å². The molecule has 1 saturated heterocycles. The second-order valence-electron chi connectivity index (χ2n) is 37.0. The molecule has 0 unspecified atom stereocenters. The number of hydrogen-bond acceptors (Lipinski definition) is 31. The summed E-state index contributed by atoms with van der Waals surface area (Å²) in [6.45, 7) is 7.80. The number of benzene rings is 4. The van der Waals surface area contributed by atoms with Crippen molar-refractivity contribution in [3.05, 3.63) is 126 Å². The van der Waals surface area contributed by atoms with Crippen LogP contribution in [0.3, 0.4) is 0 Å². The fourth-order valence-corrected chi connectivity index (χ4v) is 16.0. The van der Waals surface area contributed by atoms with E-state index in [0.717, 1.165) is 11.8 Å². The molecule has 1 aromatic heterocycles. The van der Waals surface area contributed by atoms with Crippen molar-refractivity contribution in [2.45, 2.75) is 248 Å². The highest BCUT2D eigenvalue weighted by Gasteiger charge is 2.43. The van der Waals surface area contributed by atoms with E-state index in [9.17, 15) is 147 Å². The summed E-state index contributed by atoms with van der Waals surface area (Å²) in [7, 11) is 0. The Morgan fingerprint density at radius 2 is 0.773 bits per heavy atom. The molecule has 18 atom stereocenters. The molecule has 18 amide bonds. The van der Waals surface area contributed by atoms with Crippen LogP contribution in [0.25, 0.3) is 10.9 Å². The molecule has 51 nitrogen and oxygen atoms in total. The minimum atomic E-state index is -1.88. The lowest BCUT2D eigenvalue weighted by Gasteiger charge is -2.30. The Bertz CT molecular complexity index is 5520. The van der Waals surface area contributed by atoms with Gasteiger partial charge in [0.2, 0.25) is 106 Å². The number of hydrogen-bond donors (Lipinski definition) is 31. The molecule has 4 aromatic carbocycles. The molecule has 0 spiro atoms. The van der Waals surface area contributed by atoms with Gasteiger partial charge in [0.15, 0.2) is 0 Å². The van der Waals surface area contributed by atoms with E-state index >= 15 is 0 Å². The number of carbonyl (C=O) groups is 21. The van der Waals surface area contributed by atoms with Gasteiger partial charge in [-0.25, -0.2) is 4.79 Å². The lowest BCUT2D eigenvalue weighted by Crippen LogP contribution is -2.63. The van der Waals surface area contributed by atoms with Crippen molar-refractivity contribution in [1.82, 2.24) is 100 Å². The molecule has 0 radical (unpaired) electrons. The number of unbranched alkanes of at least 4 members (excludes halogenated alkanes) is 1. The number of nitrogens with one attached hydrogen (secondary N) is 18. The quantitative estimate of drug-likeness (QED) is 0.0127. The van der Waals surface area contributed by atoms with E-state index in [-0.39, 0.29) is 85.9 Å². The molecule has 822 valence electrons. The zero-order chi connectivity index (χ0) is 112. The zero-order valence-electron chi connectivity index (χ0n) is 83.9. The van der Waals surface area contributed by atoms with Gasteiger partial charge in [0.25, 0.3) is 0 Å². The topological polar surface area (TPSA) is 816 Å². The second kappa shape index (κ2) is 61.2. The fraction of sp³-hybridized carbons (Fsp3) is 0.515. The van der Waals surface area contributed by atoms with E-state index in [1.54, 1.807) is 44.3 Å². The molecule has 31 N–H and O–H groups in total. The van der Waals surface area contributed by atoms with Crippen LogP contribution in [0.15, 0.2) is 103 Å². The highest BCUT2D eigenvalue weighted by Crippen LogP contribution is 2.25. The summed E-state index contributed by atoms with van der Waals surface area (Å²) in [4.78, 5) is 293. The Kier molecular flexibility index (Phi) is 50.6. The largest absolute Gasteiger partial charge is 0.508 e. The van der Waals surface area contributed by atoms with E-state index in [1.807, 2.05) is 0 Å². The number of thiol groups is 2. The predicted molar refractivity (Wildman–Crippen MR) is 543 cm³/mol. The predicted octanol–water partition coefficient (Wildman–Crippen LogP) is -6.47. The molecule has 5 aromatic rings. The molecular formula is C97H137N21O30S2. The molecule has 6 rings (SSSR count). The Hall–Kier alpha value is -14.8. The SMILES string of the molecule is CC(C)[C@H](N)C(=O)N[C@H](C(=O)N[C@H](C(=O)N[C@@H](CS)C(=O)N[C@@H](Cc1c[nH]c2ccccc12)C(=O)N1CCC[C@H]1C(=O)NCC(=O)N[C@@H](CCC(=O)O)C(=O)N[C@@H](Cc1ccc(O)cc1)C(=O)NCC(=O)NCC(=O)N[C@H](C(=O)N[C@@H](CCC(=O)O)C(=O)N[C@@H](CS)C(=O)N[C@@H](Cc1ccc(O)cc1)C(=O)N[C@@H](CO)C(=O)N[C@H](C(=O)N[C@@H](CCCCN)C(=O)N[C@@H](Cc1ccc(O)cc1)C(=O)O)C(C)C)C(C)C)[C@@H](C)O)[C@@H](C)O. The third kappa shape index (κ3) is 40.0. The van der Waals surface area contributed by atoms with E-state index < -0.39 is 321 Å². The number of rotatable bonds is 62. The molecule has 1 aliphatic rings. The van der Waals surface area contributed by atoms with Gasteiger partial charge in [-0.1, -0.05) is 96.1 Å². The van der Waals surface area contributed by atoms with Crippen molar-refractivity contribution in [1.29, 1.82) is 0 Å². The van der Waals surface area contributed by atoms with Crippen LogP contribution in [0, 0.1) is 17.8 Å². The monoisotopic (exact) mass is 2140 g/mol. The average Bonchev–Trinajstić information content (AvgIpc) is 1.64. The number of nitrogens with zero attached hydrogens (tertiary/aromatic N) is 1. The number of carbonyl (C=O) groups excluding carboxylic acids is 18. The first-order valence-electron chi connectivity index (χ1n) is 48.4. The minimum Gasteiger partial charge on any atom is -0.508 e. The van der Waals surface area contributed by atoms with Crippen molar-refractivity contribution >= 4 is 160 Å². The average molecular weight is 2140 g/mol. The maximum absolute atomic E-state index is 15.0. The van der Waals surface area contributed by atoms with Crippen LogP contribution in [-0.2, 0) is 126 Å². The Balaban J connectivity index is 1.09. The van der Waals surface area contributed by atoms with Crippen LogP contribution >= 0.6 is 25.3 Å². The number of aliphatic carboxylic acids is 3. The van der Waals surface area contributed by atoms with E-state index in [4.69, 9.17) is 11.5 Å². The van der Waals surface area contributed by atoms with Crippen molar-refractivity contribution in [2.24, 2.45) is 29.2 Å². The number of carboxylic acid groups (broad SMARTS) is 3. The number of aromatic nitrogens is 1. The number of aliphatic hydroxyl groups excluding tert-OH is 3. The summed E-state index contributed by atoms with van der Waals surface area (Å²) in [5, 5.41) is 133. The minimum absolute atomic E-state index is 0.00975. The maximum Gasteiger partial charge on any atom is 0.326 e. The number of H-pyrrole nitrogens is 1. The van der Waals surface area contributed by atoms with Gasteiger partial charge in [0, 0.05) is 73.7 Å². The van der Waals surface area contributed by atoms with Crippen LogP contribution in [0.2, 0.25) is 0 Å². The number of aliphatic hydroxyl groups is 3. The highest BCUT2D eigenvalue weighted by molar-refractivity contribution is 7.80. The summed E-state index contributed by atoms with van der Waals surface area (Å²) >= 11 is 8.51. The summed E-state index contributed by atoms with van der Waals surface area (Å²) < 4.78 is 0. The van der Waals surface area contributed by atoms with Crippen LogP contribution in [-0.4, -0.2) is 340 Å². The van der Waals surface area contributed by atoms with Gasteiger partial charge in [-0.15, -0.1) is 0 Å². The third-order valence-electron chi connectivity index (χ3n) is 24.1. The molecule has 53 heteroatoms. The van der Waals surface area contributed by atoms with Crippen molar-refractivity contribution < 1.29 is 147 Å². The molecule has 2 heterocycles. The molecule has 0 aliphatic carbocycles. The summed E-state index contributed by atoms with van der Waals surface area (Å²) in [6.07, 6.45) is -4.85. The first-order chi connectivity index (χ1) is 70.9. The van der Waals surface area contributed by atoms with Crippen molar-refractivity contribution in [3.63, 3.8) is 0 Å². The van der Waals surface area contributed by atoms with Gasteiger partial charge in [-0.2, -0.15) is 25.3 Å². The van der Waals surface area contributed by atoms with Gasteiger partial charge in [-0.3, -0.25) is 95.9 Å². The van der Waals surface area contributed by atoms with Gasteiger partial charge >= 0.3 is 17.9 Å². The van der Waals surface area contributed by atoms with Crippen LogP contribution in [0.1, 0.15) is 135 Å². The van der Waals surface area contributed by atoms with Crippen molar-refractivity contribution in [3.8, 4) is 17.2 Å². The zero-order valence-corrected chi connectivity index (χ0v) is 85.7. The summed E-state index contributed by atoms with van der Waals surface area (Å²) in [6, 6.07) is -2.59. The Labute approximate surface area is 873 Å².